The van der Waals surface area contributed by atoms with E-state index in [0.29, 0.717) is 11.4 Å². The fraction of sp³-hybridized carbons (Fsp3) is 0.375. The summed E-state index contributed by atoms with van der Waals surface area (Å²) in [6, 6.07) is 3.58. The number of rotatable bonds is 5. The maximum atomic E-state index is 10.7. The van der Waals surface area contributed by atoms with Crippen molar-refractivity contribution in [2.75, 3.05) is 6.54 Å². The zero-order valence-electron chi connectivity index (χ0n) is 7.31. The topological polar surface area (TPSA) is 65.8 Å². The highest BCUT2D eigenvalue weighted by atomic mass is 35.5. The van der Waals surface area contributed by atoms with Crippen LogP contribution in [0.5, 0.6) is 0 Å². The number of azide groups is 1. The number of hydrogen-bond acceptors (Lipinski definition) is 3. The van der Waals surface area contributed by atoms with Crippen LogP contribution < -0.4 is 0 Å². The second-order valence-electron chi connectivity index (χ2n) is 2.60. The van der Waals surface area contributed by atoms with Gasteiger partial charge >= 0.3 is 0 Å². The van der Waals surface area contributed by atoms with E-state index in [1.807, 2.05) is 6.07 Å². The Bertz CT molecular complexity index is 370. The summed E-state index contributed by atoms with van der Waals surface area (Å²) in [6.07, 6.45) is 1.61. The zero-order valence-corrected chi connectivity index (χ0v) is 8.88. The van der Waals surface area contributed by atoms with Gasteiger partial charge in [0.2, 0.25) is 0 Å². The van der Waals surface area contributed by atoms with Crippen molar-refractivity contribution < 1.29 is 4.79 Å². The van der Waals surface area contributed by atoms with Crippen LogP contribution in [-0.4, -0.2) is 11.8 Å². The number of carbonyl (C=O) groups excluding carboxylic acids is 1. The lowest BCUT2D eigenvalue weighted by atomic mass is 10.3. The van der Waals surface area contributed by atoms with E-state index in [0.717, 1.165) is 17.7 Å². The van der Waals surface area contributed by atoms with E-state index in [1.165, 1.54) is 11.3 Å². The molecule has 6 heteroatoms. The highest BCUT2D eigenvalue weighted by Gasteiger charge is 2.05. The predicted molar refractivity (Wildman–Crippen MR) is 56.8 cm³/mol. The summed E-state index contributed by atoms with van der Waals surface area (Å²) in [4.78, 5) is 15.0. The molecule has 0 spiro atoms. The minimum Gasteiger partial charge on any atom is -0.275 e. The summed E-state index contributed by atoms with van der Waals surface area (Å²) < 4.78 is 0. The molecule has 0 atom stereocenters. The average Bonchev–Trinajstić information content (AvgIpc) is 2.61. The molecular formula is C8H8ClN3OS. The number of hydrogen-bond donors (Lipinski definition) is 0. The van der Waals surface area contributed by atoms with Crippen molar-refractivity contribution in [2.45, 2.75) is 12.8 Å². The van der Waals surface area contributed by atoms with E-state index >= 15 is 0 Å². The highest BCUT2D eigenvalue weighted by molar-refractivity contribution is 7.15. The van der Waals surface area contributed by atoms with E-state index in [-0.39, 0.29) is 0 Å². The van der Waals surface area contributed by atoms with Gasteiger partial charge in [0, 0.05) is 16.3 Å². The Morgan fingerprint density at radius 1 is 1.64 bits per heavy atom. The van der Waals surface area contributed by atoms with Crippen molar-refractivity contribution >= 4 is 28.2 Å². The molecule has 1 heterocycles. The van der Waals surface area contributed by atoms with Gasteiger partial charge in [-0.3, -0.25) is 4.79 Å². The molecule has 0 N–H and O–H groups in total. The number of thiophene rings is 1. The van der Waals surface area contributed by atoms with Crippen molar-refractivity contribution in [2.24, 2.45) is 5.11 Å². The molecule has 0 aliphatic carbocycles. The van der Waals surface area contributed by atoms with E-state index in [4.69, 9.17) is 17.1 Å². The number of halogens is 1. The van der Waals surface area contributed by atoms with Crippen molar-refractivity contribution in [3.05, 3.63) is 32.3 Å². The van der Waals surface area contributed by atoms with Crippen LogP contribution >= 0.6 is 22.9 Å². The van der Waals surface area contributed by atoms with Gasteiger partial charge in [-0.25, -0.2) is 0 Å². The molecule has 1 aromatic heterocycles. The molecule has 0 aliphatic rings. The van der Waals surface area contributed by atoms with E-state index in [9.17, 15) is 4.79 Å². The van der Waals surface area contributed by atoms with E-state index in [2.05, 4.69) is 10.0 Å². The SMILES string of the molecule is [N-]=[N+]=NCCCc1ccc(C(=O)Cl)s1. The Morgan fingerprint density at radius 3 is 3.00 bits per heavy atom. The molecule has 0 amide bonds. The molecular weight excluding hydrogens is 222 g/mol. The number of carbonyl (C=O) groups is 1. The molecule has 0 unspecified atom stereocenters. The maximum Gasteiger partial charge on any atom is 0.262 e. The Balaban J connectivity index is 2.43. The van der Waals surface area contributed by atoms with Crippen LogP contribution in [0.15, 0.2) is 17.2 Å². The predicted octanol–water partition coefficient (Wildman–Crippen LogP) is 3.37. The second-order valence-corrected chi connectivity index (χ2v) is 4.11. The lowest BCUT2D eigenvalue weighted by molar-refractivity contribution is 0.108. The summed E-state index contributed by atoms with van der Waals surface area (Å²) in [7, 11) is 0. The van der Waals surface area contributed by atoms with Crippen molar-refractivity contribution in [3.8, 4) is 0 Å². The first-order chi connectivity index (χ1) is 6.74. The van der Waals surface area contributed by atoms with Gasteiger partial charge in [0.15, 0.2) is 0 Å². The van der Waals surface area contributed by atoms with Crippen LogP contribution in [0.25, 0.3) is 10.4 Å². The third kappa shape index (κ3) is 3.38. The standard InChI is InChI=1S/C8H8ClN3OS/c9-8(13)7-4-3-6(14-7)2-1-5-11-12-10/h3-4H,1-2,5H2. The molecule has 1 rings (SSSR count). The smallest absolute Gasteiger partial charge is 0.262 e. The first kappa shape index (κ1) is 11.0. The third-order valence-corrected chi connectivity index (χ3v) is 3.06. The quantitative estimate of drug-likeness (QED) is 0.251. The van der Waals surface area contributed by atoms with Gasteiger partial charge in [-0.2, -0.15) is 0 Å². The number of aryl methyl sites for hydroxylation is 1. The fourth-order valence-electron chi connectivity index (χ4n) is 0.987. The molecule has 0 aliphatic heterocycles. The molecule has 1 aromatic rings. The molecule has 0 bridgehead atoms. The molecule has 4 nitrogen and oxygen atoms in total. The van der Waals surface area contributed by atoms with Gasteiger partial charge in [-0.05, 0) is 42.1 Å². The average molecular weight is 230 g/mol. The molecule has 0 radical (unpaired) electrons. The largest absolute Gasteiger partial charge is 0.275 e. The van der Waals surface area contributed by atoms with Gasteiger partial charge in [-0.15, -0.1) is 11.3 Å². The first-order valence-corrected chi connectivity index (χ1v) is 5.23. The first-order valence-electron chi connectivity index (χ1n) is 4.03. The molecule has 74 valence electrons. The van der Waals surface area contributed by atoms with Gasteiger partial charge in [-0.1, -0.05) is 5.11 Å². The second kappa shape index (κ2) is 5.65. The maximum absolute atomic E-state index is 10.7. The van der Waals surface area contributed by atoms with Gasteiger partial charge in [0.25, 0.3) is 5.24 Å². The summed E-state index contributed by atoms with van der Waals surface area (Å²) in [5.41, 5.74) is 8.04. The summed E-state index contributed by atoms with van der Waals surface area (Å²) >= 11 is 6.69. The lowest BCUT2D eigenvalue weighted by Crippen LogP contribution is -1.83. The normalized spacial score (nSPS) is 9.50. The van der Waals surface area contributed by atoms with E-state index in [1.54, 1.807) is 6.07 Å². The Labute approximate surface area is 90.1 Å². The Hall–Kier alpha value is -1.03. The van der Waals surface area contributed by atoms with Crippen LogP contribution in [0.4, 0.5) is 0 Å². The highest BCUT2D eigenvalue weighted by Crippen LogP contribution is 2.19. The molecule has 0 fully saturated rings. The molecule has 0 saturated carbocycles. The summed E-state index contributed by atoms with van der Waals surface area (Å²) in [5, 5.41) is 3.00. The van der Waals surface area contributed by atoms with Crippen molar-refractivity contribution in [3.63, 3.8) is 0 Å². The monoisotopic (exact) mass is 229 g/mol. The molecule has 14 heavy (non-hydrogen) atoms. The van der Waals surface area contributed by atoms with Crippen molar-refractivity contribution in [1.29, 1.82) is 0 Å². The van der Waals surface area contributed by atoms with Gasteiger partial charge < -0.3 is 0 Å². The van der Waals surface area contributed by atoms with Crippen LogP contribution in [0, 0.1) is 0 Å². The lowest BCUT2D eigenvalue weighted by Gasteiger charge is -1.91. The van der Waals surface area contributed by atoms with Crippen LogP contribution in [0.1, 0.15) is 21.0 Å². The Morgan fingerprint density at radius 2 is 2.43 bits per heavy atom. The van der Waals surface area contributed by atoms with Gasteiger partial charge in [0.05, 0.1) is 4.88 Å². The minimum absolute atomic E-state index is 0.420. The van der Waals surface area contributed by atoms with E-state index < -0.39 is 5.24 Å². The minimum atomic E-state index is -0.420. The van der Waals surface area contributed by atoms with Crippen molar-refractivity contribution in [1.82, 2.24) is 0 Å². The Kier molecular flexibility index (Phi) is 4.46. The van der Waals surface area contributed by atoms with Crippen LogP contribution in [0.2, 0.25) is 0 Å². The third-order valence-electron chi connectivity index (χ3n) is 1.60. The number of nitrogens with zero attached hydrogens (tertiary/aromatic N) is 3. The van der Waals surface area contributed by atoms with Crippen LogP contribution in [-0.2, 0) is 6.42 Å². The van der Waals surface area contributed by atoms with Gasteiger partial charge in [0.1, 0.15) is 0 Å². The summed E-state index contributed by atoms with van der Waals surface area (Å²) in [5.74, 6) is 0. The molecule has 0 saturated heterocycles. The fourth-order valence-corrected chi connectivity index (χ4v) is 2.05. The molecule has 0 aromatic carbocycles. The zero-order chi connectivity index (χ0) is 10.4. The van der Waals surface area contributed by atoms with Crippen LogP contribution in [0.3, 0.4) is 0 Å². The summed E-state index contributed by atoms with van der Waals surface area (Å²) in [6.45, 7) is 0.485.